The third-order valence-electron chi connectivity index (χ3n) is 3.41. The lowest BCUT2D eigenvalue weighted by Crippen LogP contribution is -2.14. The van der Waals surface area contributed by atoms with Crippen LogP contribution in [0.3, 0.4) is 0 Å². The number of benzene rings is 2. The van der Waals surface area contributed by atoms with Gasteiger partial charge in [0, 0.05) is 5.02 Å². The predicted molar refractivity (Wildman–Crippen MR) is 92.7 cm³/mol. The summed E-state index contributed by atoms with van der Waals surface area (Å²) in [7, 11) is 0. The lowest BCUT2D eigenvalue weighted by molar-refractivity contribution is 0.102. The predicted octanol–water partition coefficient (Wildman–Crippen LogP) is 4.88. The number of hydrogen-bond donors (Lipinski definition) is 1. The van der Waals surface area contributed by atoms with E-state index in [0.29, 0.717) is 5.69 Å². The highest BCUT2D eigenvalue weighted by molar-refractivity contribution is 6.34. The van der Waals surface area contributed by atoms with E-state index in [1.54, 1.807) is 6.92 Å². The van der Waals surface area contributed by atoms with E-state index in [9.17, 15) is 9.18 Å². The van der Waals surface area contributed by atoms with Crippen LogP contribution in [0.2, 0.25) is 10.2 Å². The summed E-state index contributed by atoms with van der Waals surface area (Å²) in [6, 6.07) is 13.2. The standard InChI is InChI=1S/C17H12Cl2FN3O/c1-10-15(16(19)23(22-10)12-5-3-2-4-6-12)17(24)21-14-8-7-11(18)9-13(14)20/h2-9H,1H3,(H,21,24). The third-order valence-corrected chi connectivity index (χ3v) is 4.00. The number of aromatic nitrogens is 2. The number of carbonyl (C=O) groups is 1. The molecule has 122 valence electrons. The Bertz CT molecular complexity index is 910. The van der Waals surface area contributed by atoms with Crippen LogP contribution in [0, 0.1) is 12.7 Å². The minimum Gasteiger partial charge on any atom is -0.319 e. The van der Waals surface area contributed by atoms with Gasteiger partial charge in [0.25, 0.3) is 5.91 Å². The van der Waals surface area contributed by atoms with Crippen molar-refractivity contribution in [1.29, 1.82) is 0 Å². The van der Waals surface area contributed by atoms with Crippen molar-refractivity contribution < 1.29 is 9.18 Å². The quantitative estimate of drug-likeness (QED) is 0.720. The first-order valence-corrected chi connectivity index (χ1v) is 7.80. The van der Waals surface area contributed by atoms with Crippen LogP contribution in [0.1, 0.15) is 16.1 Å². The molecule has 0 unspecified atom stereocenters. The summed E-state index contributed by atoms with van der Waals surface area (Å²) >= 11 is 12.0. The monoisotopic (exact) mass is 363 g/mol. The van der Waals surface area contributed by atoms with Crippen molar-refractivity contribution in [3.8, 4) is 5.69 Å². The van der Waals surface area contributed by atoms with E-state index in [1.807, 2.05) is 30.3 Å². The molecular weight excluding hydrogens is 352 g/mol. The van der Waals surface area contributed by atoms with Crippen molar-refractivity contribution in [2.45, 2.75) is 6.92 Å². The van der Waals surface area contributed by atoms with Crippen molar-refractivity contribution in [1.82, 2.24) is 9.78 Å². The summed E-state index contributed by atoms with van der Waals surface area (Å²) in [5.41, 5.74) is 1.38. The van der Waals surface area contributed by atoms with Crippen LogP contribution in [-0.2, 0) is 0 Å². The Balaban J connectivity index is 1.95. The van der Waals surface area contributed by atoms with E-state index in [4.69, 9.17) is 23.2 Å². The highest BCUT2D eigenvalue weighted by Crippen LogP contribution is 2.25. The summed E-state index contributed by atoms with van der Waals surface area (Å²) < 4.78 is 15.3. The van der Waals surface area contributed by atoms with Crippen LogP contribution in [0.25, 0.3) is 5.69 Å². The molecule has 0 aliphatic carbocycles. The molecule has 7 heteroatoms. The molecule has 4 nitrogen and oxygen atoms in total. The average Bonchev–Trinajstić information content (AvgIpc) is 2.85. The largest absolute Gasteiger partial charge is 0.319 e. The number of anilines is 1. The Morgan fingerprint density at radius 2 is 1.88 bits per heavy atom. The van der Waals surface area contributed by atoms with Crippen LogP contribution in [0.15, 0.2) is 48.5 Å². The maximum absolute atomic E-state index is 13.8. The molecule has 0 spiro atoms. The molecule has 0 aliphatic heterocycles. The second-order valence-corrected chi connectivity index (χ2v) is 5.87. The number of para-hydroxylation sites is 1. The molecule has 2 aromatic carbocycles. The average molecular weight is 364 g/mol. The van der Waals surface area contributed by atoms with E-state index in [-0.39, 0.29) is 21.4 Å². The van der Waals surface area contributed by atoms with Gasteiger partial charge in [0.2, 0.25) is 0 Å². The van der Waals surface area contributed by atoms with Gasteiger partial charge in [-0.05, 0) is 37.3 Å². The van der Waals surface area contributed by atoms with Gasteiger partial charge in [-0.3, -0.25) is 4.79 Å². The molecule has 3 aromatic rings. The highest BCUT2D eigenvalue weighted by atomic mass is 35.5. The molecule has 0 saturated heterocycles. The molecule has 24 heavy (non-hydrogen) atoms. The first kappa shape index (κ1) is 16.5. The van der Waals surface area contributed by atoms with Gasteiger partial charge in [0.05, 0.1) is 17.1 Å². The maximum Gasteiger partial charge on any atom is 0.260 e. The number of halogens is 3. The normalized spacial score (nSPS) is 10.7. The Labute approximate surface area is 147 Å². The van der Waals surface area contributed by atoms with E-state index in [2.05, 4.69) is 10.4 Å². The zero-order chi connectivity index (χ0) is 17.3. The molecule has 0 fully saturated rings. The molecule has 0 aliphatic rings. The SMILES string of the molecule is Cc1nn(-c2ccccc2)c(Cl)c1C(=O)Nc1ccc(Cl)cc1F. The van der Waals surface area contributed by atoms with Gasteiger partial charge in [-0.2, -0.15) is 5.10 Å². The van der Waals surface area contributed by atoms with Gasteiger partial charge in [0.15, 0.2) is 0 Å². The second kappa shape index (κ2) is 6.63. The first-order valence-electron chi connectivity index (χ1n) is 7.04. The molecule has 1 aromatic heterocycles. The zero-order valence-corrected chi connectivity index (χ0v) is 14.1. The number of hydrogen-bond acceptors (Lipinski definition) is 2. The molecule has 0 saturated carbocycles. The topological polar surface area (TPSA) is 46.9 Å². The Morgan fingerprint density at radius 1 is 1.17 bits per heavy atom. The number of nitrogens with one attached hydrogen (secondary N) is 1. The van der Waals surface area contributed by atoms with Crippen molar-refractivity contribution in [3.63, 3.8) is 0 Å². The summed E-state index contributed by atoms with van der Waals surface area (Å²) in [6.45, 7) is 1.67. The van der Waals surface area contributed by atoms with Crippen molar-refractivity contribution in [3.05, 3.63) is 75.8 Å². The molecule has 0 radical (unpaired) electrons. The van der Waals surface area contributed by atoms with Crippen molar-refractivity contribution >= 4 is 34.8 Å². The number of aryl methyl sites for hydroxylation is 1. The van der Waals surface area contributed by atoms with Crippen molar-refractivity contribution in [2.24, 2.45) is 0 Å². The number of rotatable bonds is 3. The van der Waals surface area contributed by atoms with E-state index in [1.165, 1.54) is 16.8 Å². The molecule has 3 rings (SSSR count). The van der Waals surface area contributed by atoms with Gasteiger partial charge < -0.3 is 5.32 Å². The Morgan fingerprint density at radius 3 is 2.54 bits per heavy atom. The summed E-state index contributed by atoms with van der Waals surface area (Å²) in [5, 5.41) is 7.18. The second-order valence-electron chi connectivity index (χ2n) is 5.08. The van der Waals surface area contributed by atoms with Crippen LogP contribution >= 0.6 is 23.2 Å². The number of nitrogens with zero attached hydrogens (tertiary/aromatic N) is 2. The van der Waals surface area contributed by atoms with Crippen LogP contribution in [0.5, 0.6) is 0 Å². The van der Waals surface area contributed by atoms with E-state index >= 15 is 0 Å². The van der Waals surface area contributed by atoms with Crippen LogP contribution in [-0.4, -0.2) is 15.7 Å². The fraction of sp³-hybridized carbons (Fsp3) is 0.0588. The van der Waals surface area contributed by atoms with Gasteiger partial charge in [-0.25, -0.2) is 9.07 Å². The minimum absolute atomic E-state index is 0.0207. The zero-order valence-electron chi connectivity index (χ0n) is 12.6. The molecule has 1 heterocycles. The van der Waals surface area contributed by atoms with E-state index < -0.39 is 11.7 Å². The Kier molecular flexibility index (Phi) is 4.55. The first-order chi connectivity index (χ1) is 11.5. The molecule has 0 bridgehead atoms. The Hall–Kier alpha value is -2.37. The number of amides is 1. The third kappa shape index (κ3) is 3.13. The fourth-order valence-corrected chi connectivity index (χ4v) is 2.79. The van der Waals surface area contributed by atoms with Gasteiger partial charge in [0.1, 0.15) is 16.5 Å². The molecular formula is C17H12Cl2FN3O. The van der Waals surface area contributed by atoms with Gasteiger partial charge in [-0.15, -0.1) is 0 Å². The van der Waals surface area contributed by atoms with Crippen molar-refractivity contribution in [2.75, 3.05) is 5.32 Å². The summed E-state index contributed by atoms with van der Waals surface area (Å²) in [5.74, 6) is -1.17. The summed E-state index contributed by atoms with van der Waals surface area (Å²) in [4.78, 5) is 12.5. The van der Waals surface area contributed by atoms with Crippen LogP contribution < -0.4 is 5.32 Å². The van der Waals surface area contributed by atoms with Crippen LogP contribution in [0.4, 0.5) is 10.1 Å². The smallest absolute Gasteiger partial charge is 0.260 e. The van der Waals surface area contributed by atoms with E-state index in [0.717, 1.165) is 11.8 Å². The minimum atomic E-state index is -0.625. The maximum atomic E-state index is 13.8. The highest BCUT2D eigenvalue weighted by Gasteiger charge is 2.22. The summed E-state index contributed by atoms with van der Waals surface area (Å²) in [6.07, 6.45) is 0. The lowest BCUT2D eigenvalue weighted by atomic mass is 10.2. The molecule has 1 N–H and O–H groups in total. The van der Waals surface area contributed by atoms with Gasteiger partial charge in [-0.1, -0.05) is 41.4 Å². The lowest BCUT2D eigenvalue weighted by Gasteiger charge is -2.07. The fourth-order valence-electron chi connectivity index (χ4n) is 2.27. The molecule has 0 atom stereocenters. The number of carbonyl (C=O) groups excluding carboxylic acids is 1. The van der Waals surface area contributed by atoms with Gasteiger partial charge >= 0.3 is 0 Å². The molecule has 1 amide bonds.